The van der Waals surface area contributed by atoms with Gasteiger partial charge in [0.05, 0.1) is 5.69 Å². The Bertz CT molecular complexity index is 466. The molecular weight excluding hydrogens is 203 g/mol. The number of benzene rings is 1. The van der Waals surface area contributed by atoms with Gasteiger partial charge < -0.3 is 5.73 Å². The Morgan fingerprint density at radius 2 is 1.94 bits per heavy atom. The number of rotatable bonds is 3. The molecule has 82 valence electrons. The number of hydrogen-bond acceptors (Lipinski definition) is 2. The molecule has 0 atom stereocenters. The summed E-state index contributed by atoms with van der Waals surface area (Å²) in [5, 5.41) is 0. The van der Waals surface area contributed by atoms with Gasteiger partial charge in [0, 0.05) is 11.8 Å². The third-order valence-electron chi connectivity index (χ3n) is 2.41. The highest BCUT2D eigenvalue weighted by molar-refractivity contribution is 5.59. The van der Waals surface area contributed by atoms with Crippen molar-refractivity contribution in [3.8, 4) is 11.3 Å². The normalized spacial score (nSPS) is 10.4. The Balaban J connectivity index is 2.31. The largest absolute Gasteiger partial charge is 0.330 e. The van der Waals surface area contributed by atoms with Crippen LogP contribution in [0.15, 0.2) is 42.6 Å². The minimum atomic E-state index is -0.249. The maximum Gasteiger partial charge on any atom is 0.132 e. The topological polar surface area (TPSA) is 38.9 Å². The van der Waals surface area contributed by atoms with Crippen LogP contribution in [0.2, 0.25) is 0 Å². The lowest BCUT2D eigenvalue weighted by atomic mass is 10.1. The van der Waals surface area contributed by atoms with Gasteiger partial charge in [-0.15, -0.1) is 0 Å². The second kappa shape index (κ2) is 4.86. The highest BCUT2D eigenvalue weighted by atomic mass is 19.1. The molecule has 0 aliphatic heterocycles. The van der Waals surface area contributed by atoms with E-state index in [4.69, 9.17) is 5.73 Å². The zero-order valence-electron chi connectivity index (χ0n) is 8.86. The Labute approximate surface area is 93.9 Å². The van der Waals surface area contributed by atoms with Crippen LogP contribution in [0.3, 0.4) is 0 Å². The molecule has 1 heterocycles. The van der Waals surface area contributed by atoms with E-state index >= 15 is 0 Å². The first-order chi connectivity index (χ1) is 7.81. The molecule has 2 N–H and O–H groups in total. The summed E-state index contributed by atoms with van der Waals surface area (Å²) in [7, 11) is 0. The highest BCUT2D eigenvalue weighted by Gasteiger charge is 2.04. The molecule has 0 aliphatic carbocycles. The van der Waals surface area contributed by atoms with Crippen molar-refractivity contribution in [3.05, 3.63) is 54.0 Å². The minimum Gasteiger partial charge on any atom is -0.330 e. The summed E-state index contributed by atoms with van der Waals surface area (Å²) in [5.74, 6) is -0.249. The molecule has 16 heavy (non-hydrogen) atoms. The molecular formula is C13H13FN2. The first kappa shape index (κ1) is 10.8. The molecule has 0 fully saturated rings. The van der Waals surface area contributed by atoms with E-state index in [1.54, 1.807) is 24.4 Å². The van der Waals surface area contributed by atoms with E-state index in [0.717, 1.165) is 12.0 Å². The molecule has 0 bridgehead atoms. The Morgan fingerprint density at radius 1 is 1.12 bits per heavy atom. The fourth-order valence-corrected chi connectivity index (χ4v) is 1.57. The second-order valence-corrected chi connectivity index (χ2v) is 3.57. The predicted molar refractivity (Wildman–Crippen MR) is 62.4 cm³/mol. The van der Waals surface area contributed by atoms with Crippen LogP contribution in [0.1, 0.15) is 5.56 Å². The molecule has 2 rings (SSSR count). The van der Waals surface area contributed by atoms with Gasteiger partial charge in [0.1, 0.15) is 5.82 Å². The highest BCUT2D eigenvalue weighted by Crippen LogP contribution is 2.20. The van der Waals surface area contributed by atoms with Crippen LogP contribution in [0, 0.1) is 5.82 Å². The third kappa shape index (κ3) is 2.25. The Morgan fingerprint density at radius 3 is 2.56 bits per heavy atom. The summed E-state index contributed by atoms with van der Waals surface area (Å²) in [6.07, 6.45) is 2.54. The van der Waals surface area contributed by atoms with Crippen molar-refractivity contribution < 1.29 is 4.39 Å². The molecule has 1 aromatic heterocycles. The van der Waals surface area contributed by atoms with Gasteiger partial charge in [0.15, 0.2) is 0 Å². The number of hydrogen-bond donors (Lipinski definition) is 1. The van der Waals surface area contributed by atoms with Crippen LogP contribution in [-0.2, 0) is 6.42 Å². The number of aromatic nitrogens is 1. The second-order valence-electron chi connectivity index (χ2n) is 3.57. The Hall–Kier alpha value is -1.74. The summed E-state index contributed by atoms with van der Waals surface area (Å²) in [6, 6.07) is 10.4. The maximum atomic E-state index is 13.5. The molecule has 0 spiro atoms. The van der Waals surface area contributed by atoms with Crippen molar-refractivity contribution in [1.82, 2.24) is 4.98 Å². The summed E-state index contributed by atoms with van der Waals surface area (Å²) >= 11 is 0. The number of halogens is 1. The van der Waals surface area contributed by atoms with Gasteiger partial charge >= 0.3 is 0 Å². The van der Waals surface area contributed by atoms with Gasteiger partial charge in [-0.1, -0.05) is 18.2 Å². The summed E-state index contributed by atoms with van der Waals surface area (Å²) < 4.78 is 13.5. The molecule has 1 aromatic carbocycles. The maximum absolute atomic E-state index is 13.5. The zero-order chi connectivity index (χ0) is 11.4. The number of nitrogens with two attached hydrogens (primary N) is 1. The van der Waals surface area contributed by atoms with Crippen LogP contribution in [0.4, 0.5) is 4.39 Å². The van der Waals surface area contributed by atoms with E-state index in [9.17, 15) is 4.39 Å². The van der Waals surface area contributed by atoms with Gasteiger partial charge in [-0.3, -0.25) is 4.98 Å². The van der Waals surface area contributed by atoms with E-state index in [1.165, 1.54) is 6.07 Å². The lowest BCUT2D eigenvalue weighted by Gasteiger charge is -2.03. The Kier molecular flexibility index (Phi) is 3.27. The molecule has 0 saturated carbocycles. The van der Waals surface area contributed by atoms with Gasteiger partial charge in [0.2, 0.25) is 0 Å². The van der Waals surface area contributed by atoms with Crippen LogP contribution in [-0.4, -0.2) is 11.5 Å². The molecule has 0 aliphatic rings. The lowest BCUT2D eigenvalue weighted by molar-refractivity contribution is 0.630. The smallest absolute Gasteiger partial charge is 0.132 e. The van der Waals surface area contributed by atoms with Crippen molar-refractivity contribution in [3.63, 3.8) is 0 Å². The molecule has 0 amide bonds. The van der Waals surface area contributed by atoms with Gasteiger partial charge in [-0.05, 0) is 36.7 Å². The van der Waals surface area contributed by atoms with E-state index < -0.39 is 0 Å². The quantitative estimate of drug-likeness (QED) is 0.855. The van der Waals surface area contributed by atoms with Crippen molar-refractivity contribution >= 4 is 0 Å². The first-order valence-electron chi connectivity index (χ1n) is 5.21. The lowest BCUT2D eigenvalue weighted by Crippen LogP contribution is -2.02. The SMILES string of the molecule is NCCc1ccc(-c2ccccc2F)nc1. The van der Waals surface area contributed by atoms with Gasteiger partial charge in [0.25, 0.3) is 0 Å². The van der Waals surface area contributed by atoms with Gasteiger partial charge in [-0.25, -0.2) is 4.39 Å². The molecule has 2 aromatic rings. The molecule has 3 heteroatoms. The minimum absolute atomic E-state index is 0.249. The first-order valence-corrected chi connectivity index (χ1v) is 5.21. The summed E-state index contributed by atoms with van der Waals surface area (Å²) in [4.78, 5) is 4.23. The van der Waals surface area contributed by atoms with Crippen LogP contribution >= 0.6 is 0 Å². The van der Waals surface area contributed by atoms with E-state index in [2.05, 4.69) is 4.98 Å². The van der Waals surface area contributed by atoms with Crippen molar-refractivity contribution in [2.45, 2.75) is 6.42 Å². The zero-order valence-corrected chi connectivity index (χ0v) is 8.86. The summed E-state index contributed by atoms with van der Waals surface area (Å²) in [5.41, 5.74) is 7.70. The van der Waals surface area contributed by atoms with Crippen LogP contribution in [0.25, 0.3) is 11.3 Å². The number of pyridine rings is 1. The number of nitrogens with zero attached hydrogens (tertiary/aromatic N) is 1. The molecule has 0 radical (unpaired) electrons. The van der Waals surface area contributed by atoms with Crippen molar-refractivity contribution in [2.75, 3.05) is 6.54 Å². The average Bonchev–Trinajstić information content (AvgIpc) is 2.31. The average molecular weight is 216 g/mol. The van der Waals surface area contributed by atoms with Gasteiger partial charge in [-0.2, -0.15) is 0 Å². The van der Waals surface area contributed by atoms with E-state index in [1.807, 2.05) is 12.1 Å². The third-order valence-corrected chi connectivity index (χ3v) is 2.41. The molecule has 0 unspecified atom stereocenters. The van der Waals surface area contributed by atoms with Crippen LogP contribution < -0.4 is 5.73 Å². The molecule has 2 nitrogen and oxygen atoms in total. The standard InChI is InChI=1S/C13H13FN2/c14-12-4-2-1-3-11(12)13-6-5-10(7-8-15)9-16-13/h1-6,9H,7-8,15H2. The predicted octanol–water partition coefficient (Wildman–Crippen LogP) is 2.39. The summed E-state index contributed by atoms with van der Waals surface area (Å²) in [6.45, 7) is 0.598. The fraction of sp³-hybridized carbons (Fsp3) is 0.154. The van der Waals surface area contributed by atoms with Crippen molar-refractivity contribution in [2.24, 2.45) is 5.73 Å². The monoisotopic (exact) mass is 216 g/mol. The molecule has 0 saturated heterocycles. The van der Waals surface area contributed by atoms with Crippen molar-refractivity contribution in [1.29, 1.82) is 0 Å². The van der Waals surface area contributed by atoms with E-state index in [-0.39, 0.29) is 5.82 Å². The van der Waals surface area contributed by atoms with Crippen LogP contribution in [0.5, 0.6) is 0 Å². The fourth-order valence-electron chi connectivity index (χ4n) is 1.57. The van der Waals surface area contributed by atoms with E-state index in [0.29, 0.717) is 17.8 Å².